The highest BCUT2D eigenvalue weighted by molar-refractivity contribution is 7.92. The van der Waals surface area contributed by atoms with Gasteiger partial charge in [-0.25, -0.2) is 8.42 Å². The first-order chi connectivity index (χ1) is 12.4. The molecule has 0 bridgehead atoms. The Morgan fingerprint density at radius 1 is 1.19 bits per heavy atom. The van der Waals surface area contributed by atoms with Gasteiger partial charge in [0, 0.05) is 0 Å². The number of benzene rings is 1. The summed E-state index contributed by atoms with van der Waals surface area (Å²) in [5, 5.41) is 11.6. The van der Waals surface area contributed by atoms with Crippen LogP contribution < -0.4 is 5.32 Å². The molecule has 1 N–H and O–H groups in total. The molecule has 0 unspecified atom stereocenters. The fraction of sp³-hybridized carbons (Fsp3) is 0.235. The summed E-state index contributed by atoms with van der Waals surface area (Å²) in [7, 11) is -3.30. The first-order valence-corrected chi connectivity index (χ1v) is 10.3. The number of carbonyl (C=O) groups excluding carboxylic acids is 1. The summed E-state index contributed by atoms with van der Waals surface area (Å²) >= 11 is 1.31. The van der Waals surface area contributed by atoms with Gasteiger partial charge in [-0.1, -0.05) is 23.3 Å². The molecule has 136 valence electrons. The molecule has 9 heteroatoms. The van der Waals surface area contributed by atoms with Crippen LogP contribution in [0.5, 0.6) is 0 Å². The van der Waals surface area contributed by atoms with Crippen molar-refractivity contribution in [3.8, 4) is 0 Å². The summed E-state index contributed by atoms with van der Waals surface area (Å²) in [6, 6.07) is 10.1. The lowest BCUT2D eigenvalue weighted by Crippen LogP contribution is -2.13. The molecule has 2 aromatic heterocycles. The Balaban J connectivity index is 1.67. The molecular formula is C17H17N3O4S2. The van der Waals surface area contributed by atoms with Crippen molar-refractivity contribution in [3.05, 3.63) is 58.1 Å². The summed E-state index contributed by atoms with van der Waals surface area (Å²) < 4.78 is 29.7. The van der Waals surface area contributed by atoms with Crippen LogP contribution in [-0.2, 0) is 16.3 Å². The minimum absolute atomic E-state index is 0.0254. The third-order valence-electron chi connectivity index (χ3n) is 3.66. The van der Waals surface area contributed by atoms with E-state index < -0.39 is 15.1 Å². The highest BCUT2D eigenvalue weighted by atomic mass is 32.2. The standard InChI is InChI=1S/C17H17N3O4S2/c1-11(2)26(22,23)13-7-5-12(6-8-13)10-15-19-20-17(24-15)18-16(21)14-4-3-9-25-14/h3-9,11H,10H2,1-2H3,(H,18,20,21). The van der Waals surface area contributed by atoms with E-state index in [1.165, 1.54) is 11.3 Å². The highest BCUT2D eigenvalue weighted by Gasteiger charge is 2.19. The lowest BCUT2D eigenvalue weighted by Gasteiger charge is -2.08. The maximum absolute atomic E-state index is 12.1. The molecule has 0 atom stereocenters. The number of anilines is 1. The molecule has 0 fully saturated rings. The van der Waals surface area contributed by atoms with Crippen LogP contribution in [0, 0.1) is 0 Å². The van der Waals surface area contributed by atoms with Crippen LogP contribution in [-0.4, -0.2) is 29.8 Å². The minimum Gasteiger partial charge on any atom is -0.407 e. The van der Waals surface area contributed by atoms with Gasteiger partial charge in [-0.2, -0.15) is 0 Å². The Hall–Kier alpha value is -2.52. The second-order valence-electron chi connectivity index (χ2n) is 5.85. The molecule has 0 aliphatic heterocycles. The molecule has 1 amide bonds. The number of nitrogens with zero attached hydrogens (tertiary/aromatic N) is 2. The molecule has 1 aromatic carbocycles. The molecule has 3 aromatic rings. The fourth-order valence-corrected chi connectivity index (χ4v) is 3.86. The van der Waals surface area contributed by atoms with Crippen molar-refractivity contribution in [1.82, 2.24) is 10.2 Å². The largest absolute Gasteiger partial charge is 0.407 e. The van der Waals surface area contributed by atoms with Gasteiger partial charge in [0.15, 0.2) is 9.84 Å². The van der Waals surface area contributed by atoms with Gasteiger partial charge >= 0.3 is 6.01 Å². The molecule has 3 rings (SSSR count). The average molecular weight is 391 g/mol. The third-order valence-corrected chi connectivity index (χ3v) is 6.70. The van der Waals surface area contributed by atoms with E-state index in [0.717, 1.165) is 5.56 Å². The number of sulfone groups is 1. The Kier molecular flexibility index (Phi) is 5.19. The van der Waals surface area contributed by atoms with Gasteiger partial charge in [-0.15, -0.1) is 16.4 Å². The number of nitrogens with one attached hydrogen (secondary N) is 1. The normalized spacial score (nSPS) is 11.7. The molecule has 0 saturated carbocycles. The van der Waals surface area contributed by atoms with Crippen LogP contribution in [0.3, 0.4) is 0 Å². The van der Waals surface area contributed by atoms with Crippen molar-refractivity contribution in [2.24, 2.45) is 0 Å². The van der Waals surface area contributed by atoms with Crippen molar-refractivity contribution in [2.45, 2.75) is 30.4 Å². The van der Waals surface area contributed by atoms with Gasteiger partial charge in [-0.3, -0.25) is 10.1 Å². The van der Waals surface area contributed by atoms with E-state index >= 15 is 0 Å². The summed E-state index contributed by atoms with van der Waals surface area (Å²) in [5.41, 5.74) is 0.826. The van der Waals surface area contributed by atoms with E-state index in [1.54, 1.807) is 55.6 Å². The number of aromatic nitrogens is 2. The average Bonchev–Trinajstić information content (AvgIpc) is 3.27. The number of hydrogen-bond acceptors (Lipinski definition) is 7. The van der Waals surface area contributed by atoms with Crippen molar-refractivity contribution in [3.63, 3.8) is 0 Å². The number of rotatable bonds is 6. The van der Waals surface area contributed by atoms with Crippen LogP contribution in [0.25, 0.3) is 0 Å². The zero-order valence-corrected chi connectivity index (χ0v) is 15.8. The van der Waals surface area contributed by atoms with Crippen LogP contribution in [0.2, 0.25) is 0 Å². The zero-order valence-electron chi connectivity index (χ0n) is 14.2. The van der Waals surface area contributed by atoms with E-state index in [2.05, 4.69) is 15.5 Å². The SMILES string of the molecule is CC(C)S(=O)(=O)c1ccc(Cc2nnc(NC(=O)c3cccs3)o2)cc1. The Bertz CT molecular complexity index is 991. The molecule has 0 saturated heterocycles. The van der Waals surface area contributed by atoms with Gasteiger partial charge in [0.1, 0.15) is 0 Å². The maximum atomic E-state index is 12.1. The van der Waals surface area contributed by atoms with Crippen molar-refractivity contribution < 1.29 is 17.6 Å². The van der Waals surface area contributed by atoms with Crippen molar-refractivity contribution in [1.29, 1.82) is 0 Å². The lowest BCUT2D eigenvalue weighted by atomic mass is 10.1. The summed E-state index contributed by atoms with van der Waals surface area (Å²) in [6.45, 7) is 3.29. The van der Waals surface area contributed by atoms with Gasteiger partial charge in [0.05, 0.1) is 21.4 Å². The molecular weight excluding hydrogens is 374 g/mol. The highest BCUT2D eigenvalue weighted by Crippen LogP contribution is 2.19. The second-order valence-corrected chi connectivity index (χ2v) is 9.30. The zero-order chi connectivity index (χ0) is 18.7. The number of carbonyl (C=O) groups is 1. The van der Waals surface area contributed by atoms with E-state index in [9.17, 15) is 13.2 Å². The molecule has 7 nitrogen and oxygen atoms in total. The van der Waals surface area contributed by atoms with E-state index in [4.69, 9.17) is 4.42 Å². The topological polar surface area (TPSA) is 102 Å². The molecule has 0 aliphatic rings. The Labute approximate surface area is 155 Å². The van der Waals surface area contributed by atoms with Crippen molar-refractivity contribution >= 4 is 33.1 Å². The van der Waals surface area contributed by atoms with Crippen LogP contribution in [0.15, 0.2) is 51.1 Å². The molecule has 2 heterocycles. The molecule has 26 heavy (non-hydrogen) atoms. The predicted molar refractivity (Wildman–Crippen MR) is 98.1 cm³/mol. The minimum atomic E-state index is -3.30. The monoisotopic (exact) mass is 391 g/mol. The van der Waals surface area contributed by atoms with E-state index in [1.807, 2.05) is 0 Å². The van der Waals surface area contributed by atoms with Crippen LogP contribution in [0.4, 0.5) is 6.01 Å². The van der Waals surface area contributed by atoms with Crippen molar-refractivity contribution in [2.75, 3.05) is 5.32 Å². The third kappa shape index (κ3) is 4.00. The van der Waals surface area contributed by atoms with Gasteiger partial charge < -0.3 is 4.42 Å². The number of amides is 1. The predicted octanol–water partition coefficient (Wildman–Crippen LogP) is 3.16. The fourth-order valence-electron chi connectivity index (χ4n) is 2.19. The van der Waals surface area contributed by atoms with Gasteiger partial charge in [0.2, 0.25) is 5.89 Å². The van der Waals surface area contributed by atoms with Crippen LogP contribution >= 0.6 is 11.3 Å². The molecule has 0 radical (unpaired) electrons. The van der Waals surface area contributed by atoms with Gasteiger partial charge in [0.25, 0.3) is 5.91 Å². The first-order valence-electron chi connectivity index (χ1n) is 7.86. The van der Waals surface area contributed by atoms with Crippen LogP contribution in [0.1, 0.15) is 35.0 Å². The van der Waals surface area contributed by atoms with Gasteiger partial charge in [-0.05, 0) is 43.0 Å². The summed E-state index contributed by atoms with van der Waals surface area (Å²) in [4.78, 5) is 12.8. The Morgan fingerprint density at radius 2 is 1.92 bits per heavy atom. The maximum Gasteiger partial charge on any atom is 0.322 e. The summed E-state index contributed by atoms with van der Waals surface area (Å²) in [5.74, 6) is 0.0180. The summed E-state index contributed by atoms with van der Waals surface area (Å²) in [6.07, 6.45) is 0.337. The van der Waals surface area contributed by atoms with E-state index in [0.29, 0.717) is 17.2 Å². The Morgan fingerprint density at radius 3 is 2.54 bits per heavy atom. The molecule has 0 spiro atoms. The lowest BCUT2D eigenvalue weighted by molar-refractivity contribution is 0.102. The number of hydrogen-bond donors (Lipinski definition) is 1. The quantitative estimate of drug-likeness (QED) is 0.692. The smallest absolute Gasteiger partial charge is 0.322 e. The first kappa shape index (κ1) is 18.3. The second kappa shape index (κ2) is 7.38. The van der Waals surface area contributed by atoms with E-state index in [-0.39, 0.29) is 16.8 Å². The number of thiophene rings is 1. The molecule has 0 aliphatic carbocycles.